The molecule has 0 aliphatic carbocycles. The molecular formula is C12H14F3NO4S. The molecule has 1 atom stereocenters. The van der Waals surface area contributed by atoms with Crippen LogP contribution in [-0.4, -0.2) is 51.8 Å². The van der Waals surface area contributed by atoms with Crippen molar-refractivity contribution in [2.75, 3.05) is 26.8 Å². The summed E-state index contributed by atoms with van der Waals surface area (Å²) >= 11 is 0. The highest BCUT2D eigenvalue weighted by atomic mass is 32.2. The van der Waals surface area contributed by atoms with Crippen LogP contribution in [0, 0.1) is 0 Å². The van der Waals surface area contributed by atoms with E-state index in [-0.39, 0.29) is 23.8 Å². The summed E-state index contributed by atoms with van der Waals surface area (Å²) in [5.41, 5.74) is 0. The van der Waals surface area contributed by atoms with E-state index < -0.39 is 28.8 Å². The van der Waals surface area contributed by atoms with Crippen LogP contribution in [0.4, 0.5) is 13.2 Å². The Morgan fingerprint density at radius 3 is 2.62 bits per heavy atom. The van der Waals surface area contributed by atoms with Crippen LogP contribution in [0.1, 0.15) is 0 Å². The van der Waals surface area contributed by atoms with Crippen LogP contribution in [-0.2, 0) is 14.8 Å². The third-order valence-electron chi connectivity index (χ3n) is 3.08. The number of sulfonamides is 1. The van der Waals surface area contributed by atoms with Crippen LogP contribution in [0.3, 0.4) is 0 Å². The molecule has 0 spiro atoms. The number of hydrogen-bond donors (Lipinski definition) is 0. The van der Waals surface area contributed by atoms with Crippen LogP contribution in [0.25, 0.3) is 0 Å². The normalized spacial score (nSPS) is 21.2. The van der Waals surface area contributed by atoms with Gasteiger partial charge in [0.05, 0.1) is 13.7 Å². The average molecular weight is 325 g/mol. The first kappa shape index (κ1) is 16.1. The van der Waals surface area contributed by atoms with Gasteiger partial charge in [-0.2, -0.15) is 17.5 Å². The number of para-hydroxylation sites is 1. The molecular weight excluding hydrogens is 311 g/mol. The zero-order valence-corrected chi connectivity index (χ0v) is 11.9. The summed E-state index contributed by atoms with van der Waals surface area (Å²) in [6, 6.07) is 5.80. The van der Waals surface area contributed by atoms with Gasteiger partial charge in [0.1, 0.15) is 10.6 Å². The number of rotatable bonds is 3. The molecule has 0 amide bonds. The maximum Gasteiger partial charge on any atom is 0.415 e. The highest BCUT2D eigenvalue weighted by Gasteiger charge is 2.46. The number of halogens is 3. The Bertz CT molecular complexity index is 603. The number of alkyl halides is 3. The molecule has 9 heteroatoms. The second-order valence-electron chi connectivity index (χ2n) is 4.41. The fourth-order valence-corrected chi connectivity index (χ4v) is 3.59. The SMILES string of the molecule is COc1ccccc1S(=O)(=O)N1CCOC(C(F)(F)F)C1. The molecule has 0 N–H and O–H groups in total. The summed E-state index contributed by atoms with van der Waals surface area (Å²) in [4.78, 5) is -0.157. The van der Waals surface area contributed by atoms with Crippen molar-refractivity contribution < 1.29 is 31.1 Å². The lowest BCUT2D eigenvalue weighted by Crippen LogP contribution is -2.51. The largest absolute Gasteiger partial charge is 0.495 e. The Kier molecular flexibility index (Phi) is 4.45. The van der Waals surface area contributed by atoms with E-state index in [4.69, 9.17) is 4.74 Å². The predicted octanol–water partition coefficient (Wildman–Crippen LogP) is 1.65. The van der Waals surface area contributed by atoms with Crippen molar-refractivity contribution in [3.05, 3.63) is 24.3 Å². The van der Waals surface area contributed by atoms with Crippen LogP contribution < -0.4 is 4.74 Å². The average Bonchev–Trinajstić information content (AvgIpc) is 2.46. The summed E-state index contributed by atoms with van der Waals surface area (Å²) in [5, 5.41) is 0. The molecule has 118 valence electrons. The van der Waals surface area contributed by atoms with Gasteiger partial charge in [-0.3, -0.25) is 0 Å². The predicted molar refractivity (Wildman–Crippen MR) is 67.5 cm³/mol. The molecule has 0 bridgehead atoms. The first-order chi connectivity index (χ1) is 9.76. The van der Waals surface area contributed by atoms with Gasteiger partial charge in [-0.1, -0.05) is 12.1 Å². The maximum atomic E-state index is 12.7. The number of ether oxygens (including phenoxy) is 2. The van der Waals surface area contributed by atoms with Crippen molar-refractivity contribution in [2.45, 2.75) is 17.2 Å². The lowest BCUT2D eigenvalue weighted by Gasteiger charge is -2.33. The topological polar surface area (TPSA) is 55.8 Å². The second-order valence-corrected chi connectivity index (χ2v) is 6.32. The van der Waals surface area contributed by atoms with Crippen LogP contribution in [0.5, 0.6) is 5.75 Å². The number of benzene rings is 1. The third-order valence-corrected chi connectivity index (χ3v) is 4.99. The summed E-state index contributed by atoms with van der Waals surface area (Å²) < 4.78 is 73.3. The summed E-state index contributed by atoms with van der Waals surface area (Å²) in [6.07, 6.45) is -6.72. The molecule has 5 nitrogen and oxygen atoms in total. The Morgan fingerprint density at radius 2 is 2.00 bits per heavy atom. The molecule has 1 aliphatic heterocycles. The lowest BCUT2D eigenvalue weighted by molar-refractivity contribution is -0.231. The molecule has 0 aromatic heterocycles. The molecule has 1 unspecified atom stereocenters. The first-order valence-corrected chi connectivity index (χ1v) is 7.52. The third kappa shape index (κ3) is 3.30. The standard InChI is InChI=1S/C12H14F3NO4S/c1-19-9-4-2-3-5-10(9)21(17,18)16-6-7-20-11(8-16)12(13,14)15/h2-5,11H,6-8H2,1H3. The van der Waals surface area contributed by atoms with Gasteiger partial charge in [0, 0.05) is 13.1 Å². The van der Waals surface area contributed by atoms with Gasteiger partial charge in [-0.15, -0.1) is 0 Å². The zero-order chi connectivity index (χ0) is 15.7. The van der Waals surface area contributed by atoms with Gasteiger partial charge in [0.15, 0.2) is 6.10 Å². The zero-order valence-electron chi connectivity index (χ0n) is 11.1. The Balaban J connectivity index is 2.31. The van der Waals surface area contributed by atoms with E-state index in [0.29, 0.717) is 0 Å². The summed E-state index contributed by atoms with van der Waals surface area (Å²) in [6.45, 7) is -1.20. The molecule has 0 radical (unpaired) electrons. The maximum absolute atomic E-state index is 12.7. The van der Waals surface area contributed by atoms with Gasteiger partial charge in [0.25, 0.3) is 0 Å². The summed E-state index contributed by atoms with van der Waals surface area (Å²) in [5.74, 6) is 0.0903. The van der Waals surface area contributed by atoms with Crippen LogP contribution in [0.2, 0.25) is 0 Å². The van der Waals surface area contributed by atoms with Crippen LogP contribution in [0.15, 0.2) is 29.2 Å². The van der Waals surface area contributed by atoms with Gasteiger partial charge in [-0.25, -0.2) is 8.42 Å². The molecule has 1 saturated heterocycles. The van der Waals surface area contributed by atoms with Crippen molar-refractivity contribution in [3.8, 4) is 5.75 Å². The number of hydrogen-bond acceptors (Lipinski definition) is 4. The quantitative estimate of drug-likeness (QED) is 0.848. The Labute approximate surface area is 120 Å². The van der Waals surface area contributed by atoms with E-state index in [2.05, 4.69) is 4.74 Å². The van der Waals surface area contributed by atoms with Gasteiger partial charge < -0.3 is 9.47 Å². The number of morpholine rings is 1. The minimum Gasteiger partial charge on any atom is -0.495 e. The first-order valence-electron chi connectivity index (χ1n) is 6.08. The Morgan fingerprint density at radius 1 is 1.33 bits per heavy atom. The highest BCUT2D eigenvalue weighted by Crippen LogP contribution is 2.31. The molecule has 21 heavy (non-hydrogen) atoms. The minimum absolute atomic E-state index is 0.0903. The summed E-state index contributed by atoms with van der Waals surface area (Å²) in [7, 11) is -2.77. The molecule has 1 aliphatic rings. The molecule has 1 aromatic carbocycles. The Hall–Kier alpha value is -1.32. The van der Waals surface area contributed by atoms with E-state index >= 15 is 0 Å². The minimum atomic E-state index is -4.60. The van der Waals surface area contributed by atoms with E-state index in [1.807, 2.05) is 0 Å². The number of methoxy groups -OCH3 is 1. The monoisotopic (exact) mass is 325 g/mol. The smallest absolute Gasteiger partial charge is 0.415 e. The van der Waals surface area contributed by atoms with Crippen molar-refractivity contribution in [1.29, 1.82) is 0 Å². The second kappa shape index (κ2) is 5.82. The van der Waals surface area contributed by atoms with E-state index in [0.717, 1.165) is 4.31 Å². The van der Waals surface area contributed by atoms with Crippen molar-refractivity contribution in [1.82, 2.24) is 4.31 Å². The van der Waals surface area contributed by atoms with Crippen molar-refractivity contribution in [3.63, 3.8) is 0 Å². The molecule has 1 fully saturated rings. The molecule has 1 aromatic rings. The van der Waals surface area contributed by atoms with Gasteiger partial charge in [0.2, 0.25) is 10.0 Å². The molecule has 2 rings (SSSR count). The van der Waals surface area contributed by atoms with Crippen LogP contribution >= 0.6 is 0 Å². The van der Waals surface area contributed by atoms with E-state index in [1.165, 1.54) is 25.3 Å². The fourth-order valence-electron chi connectivity index (χ4n) is 2.01. The van der Waals surface area contributed by atoms with Gasteiger partial charge in [-0.05, 0) is 12.1 Å². The van der Waals surface area contributed by atoms with Crippen molar-refractivity contribution >= 4 is 10.0 Å². The highest BCUT2D eigenvalue weighted by molar-refractivity contribution is 7.89. The molecule has 1 heterocycles. The van der Waals surface area contributed by atoms with E-state index in [9.17, 15) is 21.6 Å². The fraction of sp³-hybridized carbons (Fsp3) is 0.500. The molecule has 0 saturated carbocycles. The van der Waals surface area contributed by atoms with Gasteiger partial charge >= 0.3 is 6.18 Å². The number of nitrogens with zero attached hydrogens (tertiary/aromatic N) is 1. The van der Waals surface area contributed by atoms with E-state index in [1.54, 1.807) is 6.07 Å². The van der Waals surface area contributed by atoms with Crippen molar-refractivity contribution in [2.24, 2.45) is 0 Å². The lowest BCUT2D eigenvalue weighted by atomic mass is 10.3.